The molecule has 3 nitrogen and oxygen atoms in total. The summed E-state index contributed by atoms with van der Waals surface area (Å²) < 4.78 is 19.1. The average molecular weight is 107 g/mol. The normalized spacial score (nSPS) is 8.17. The minimum atomic E-state index is -2.35. The summed E-state index contributed by atoms with van der Waals surface area (Å²) in [6.45, 7) is 2.21. The van der Waals surface area contributed by atoms with Gasteiger partial charge in [0.25, 0.3) is 0 Å². The summed E-state index contributed by atoms with van der Waals surface area (Å²) in [5, 5.41) is 2.16. The molecule has 6 heavy (non-hydrogen) atoms. The van der Waals surface area contributed by atoms with E-state index in [9.17, 15) is 9.13 Å². The zero-order valence-corrected chi connectivity index (χ0v) is 4.37. The Hall–Kier alpha value is -0.140. The highest BCUT2D eigenvalue weighted by Crippen LogP contribution is 1.88. The number of hydrogen-bond acceptors (Lipinski definition) is 2. The first-order chi connectivity index (χ1) is 2.77. The van der Waals surface area contributed by atoms with Crippen LogP contribution in [0, 0.1) is 0 Å². The largest absolute Gasteiger partial charge is 0.396 e. The fraction of sp³-hybridized carbons (Fsp3) is 1.00. The second-order valence-electron chi connectivity index (χ2n) is 0.769. The van der Waals surface area contributed by atoms with Gasteiger partial charge in [-0.3, -0.25) is 0 Å². The van der Waals surface area contributed by atoms with Gasteiger partial charge in [0.15, 0.2) is 0 Å². The molecule has 0 saturated heterocycles. The molecule has 0 heterocycles. The molecule has 4 heteroatoms. The molecule has 0 radical (unpaired) electrons. The Labute approximate surface area is 36.6 Å². The molecular weight excluding hydrogens is 101 g/mol. The van der Waals surface area contributed by atoms with Crippen LogP contribution in [0.4, 0.5) is 0 Å². The van der Waals surface area contributed by atoms with Gasteiger partial charge in [-0.15, -0.1) is 0 Å². The van der Waals surface area contributed by atoms with Crippen molar-refractivity contribution < 1.29 is 9.13 Å². The molecule has 0 fully saturated rings. The van der Waals surface area contributed by atoms with Crippen molar-refractivity contribution in [2.45, 2.75) is 6.92 Å². The van der Waals surface area contributed by atoms with Gasteiger partial charge in [-0.05, 0) is 0 Å². The first kappa shape index (κ1) is 5.86. The molecule has 0 aromatic carbocycles. The van der Waals surface area contributed by atoms with Crippen LogP contribution < -0.4 is 5.09 Å². The molecule has 0 aliphatic rings. The van der Waals surface area contributed by atoms with E-state index in [1.54, 1.807) is 6.92 Å². The van der Waals surface area contributed by atoms with Crippen LogP contribution in [-0.2, 0) is 9.13 Å². The fourth-order valence-corrected chi connectivity index (χ4v) is 0.387. The van der Waals surface area contributed by atoms with Crippen molar-refractivity contribution >= 4 is 7.83 Å². The summed E-state index contributed by atoms with van der Waals surface area (Å²) in [6, 6.07) is 0. The van der Waals surface area contributed by atoms with Gasteiger partial charge < -0.3 is 0 Å². The summed E-state index contributed by atoms with van der Waals surface area (Å²) in [4.78, 5) is 0. The smallest absolute Gasteiger partial charge is 0.219 e. The lowest BCUT2D eigenvalue weighted by Crippen LogP contribution is -1.94. The van der Waals surface area contributed by atoms with E-state index < -0.39 is 7.83 Å². The molecule has 0 saturated carbocycles. The van der Waals surface area contributed by atoms with Crippen LogP contribution >= 0.6 is 7.83 Å². The van der Waals surface area contributed by atoms with Crippen molar-refractivity contribution in [3.05, 3.63) is 0 Å². The third-order valence-corrected chi connectivity index (χ3v) is 0.862. The zero-order valence-electron chi connectivity index (χ0n) is 3.47. The molecule has 0 aliphatic heterocycles. The lowest BCUT2D eigenvalue weighted by atomic mass is 10.8. The number of rotatable bonds is 2. The van der Waals surface area contributed by atoms with Crippen molar-refractivity contribution in [3.63, 3.8) is 0 Å². The molecule has 0 aliphatic carbocycles. The van der Waals surface area contributed by atoms with Gasteiger partial charge in [0, 0.05) is 6.54 Å². The Morgan fingerprint density at radius 1 is 1.67 bits per heavy atom. The number of hydrogen-bond donors (Lipinski definition) is 1. The summed E-state index contributed by atoms with van der Waals surface area (Å²) in [5.41, 5.74) is 0. The Kier molecular flexibility index (Phi) is 2.99. The fourth-order valence-electron chi connectivity index (χ4n) is 0.129. The SMILES string of the molecule is CCNP(=O)=O. The van der Waals surface area contributed by atoms with Gasteiger partial charge in [0.2, 0.25) is 0 Å². The molecule has 0 amide bonds. The van der Waals surface area contributed by atoms with Crippen LogP contribution in [0.15, 0.2) is 0 Å². The van der Waals surface area contributed by atoms with Gasteiger partial charge >= 0.3 is 7.83 Å². The molecule has 0 aromatic rings. The number of nitrogens with one attached hydrogen (secondary N) is 1. The van der Waals surface area contributed by atoms with Crippen LogP contribution in [0.25, 0.3) is 0 Å². The Bertz CT molecular complexity index is 79.5. The predicted octanol–water partition coefficient (Wildman–Crippen LogP) is 0.684. The van der Waals surface area contributed by atoms with Gasteiger partial charge in [-0.2, -0.15) is 0 Å². The lowest BCUT2D eigenvalue weighted by molar-refractivity contribution is 0.506. The zero-order chi connectivity index (χ0) is 4.99. The van der Waals surface area contributed by atoms with E-state index in [2.05, 4.69) is 5.09 Å². The van der Waals surface area contributed by atoms with E-state index in [0.29, 0.717) is 6.54 Å². The van der Waals surface area contributed by atoms with E-state index >= 15 is 0 Å². The highest BCUT2D eigenvalue weighted by molar-refractivity contribution is 7.28. The summed E-state index contributed by atoms with van der Waals surface area (Å²) in [6.07, 6.45) is 0. The monoisotopic (exact) mass is 107 g/mol. The molecular formula is C2H6NO2P. The van der Waals surface area contributed by atoms with Crippen molar-refractivity contribution in [2.75, 3.05) is 6.54 Å². The minimum Gasteiger partial charge on any atom is -0.219 e. The van der Waals surface area contributed by atoms with Crippen LogP contribution in [0.3, 0.4) is 0 Å². The topological polar surface area (TPSA) is 46.2 Å². The molecule has 36 valence electrons. The highest BCUT2D eigenvalue weighted by Gasteiger charge is 1.77. The van der Waals surface area contributed by atoms with E-state index in [1.165, 1.54) is 0 Å². The molecule has 0 unspecified atom stereocenters. The van der Waals surface area contributed by atoms with E-state index in [4.69, 9.17) is 0 Å². The first-order valence-electron chi connectivity index (χ1n) is 1.65. The maximum atomic E-state index is 9.53. The van der Waals surface area contributed by atoms with E-state index in [1.807, 2.05) is 0 Å². The first-order valence-corrected chi connectivity index (χ1v) is 2.83. The van der Waals surface area contributed by atoms with Crippen molar-refractivity contribution in [2.24, 2.45) is 0 Å². The lowest BCUT2D eigenvalue weighted by Gasteiger charge is -1.74. The van der Waals surface area contributed by atoms with Crippen molar-refractivity contribution in [1.82, 2.24) is 5.09 Å². The molecule has 0 rings (SSSR count). The summed E-state index contributed by atoms with van der Waals surface area (Å²) >= 11 is 0. The van der Waals surface area contributed by atoms with Gasteiger partial charge in [0.05, 0.1) is 0 Å². The average Bonchev–Trinajstić information content (AvgIpc) is 1.35. The van der Waals surface area contributed by atoms with Crippen molar-refractivity contribution in [1.29, 1.82) is 0 Å². The second kappa shape index (κ2) is 3.07. The van der Waals surface area contributed by atoms with E-state index in [0.717, 1.165) is 0 Å². The quantitative estimate of drug-likeness (QED) is 0.528. The van der Waals surface area contributed by atoms with Crippen LogP contribution in [0.2, 0.25) is 0 Å². The molecule has 1 N–H and O–H groups in total. The van der Waals surface area contributed by atoms with Gasteiger partial charge in [-0.1, -0.05) is 6.92 Å². The predicted molar refractivity (Wildman–Crippen MR) is 22.0 cm³/mol. The molecule has 0 bridgehead atoms. The van der Waals surface area contributed by atoms with E-state index in [-0.39, 0.29) is 0 Å². The Balaban J connectivity index is 3.07. The summed E-state index contributed by atoms with van der Waals surface area (Å²) in [5.74, 6) is 0. The van der Waals surface area contributed by atoms with Crippen LogP contribution in [0.5, 0.6) is 0 Å². The maximum Gasteiger partial charge on any atom is 0.396 e. The Morgan fingerprint density at radius 3 is 2.17 bits per heavy atom. The molecule has 0 atom stereocenters. The molecule has 0 aromatic heterocycles. The van der Waals surface area contributed by atoms with Crippen LogP contribution in [0.1, 0.15) is 6.92 Å². The highest BCUT2D eigenvalue weighted by atomic mass is 31.1. The van der Waals surface area contributed by atoms with Crippen LogP contribution in [-0.4, -0.2) is 6.54 Å². The Morgan fingerprint density at radius 2 is 2.17 bits per heavy atom. The standard InChI is InChI=1S/C2H6NO2P/c1-2-3-6(4)5/h2H2,1H3,(H,3,4,5). The maximum absolute atomic E-state index is 9.53. The third-order valence-electron chi connectivity index (χ3n) is 0.287. The second-order valence-corrected chi connectivity index (χ2v) is 1.60. The third kappa shape index (κ3) is 3.86. The van der Waals surface area contributed by atoms with Gasteiger partial charge in [0.1, 0.15) is 0 Å². The summed E-state index contributed by atoms with van der Waals surface area (Å²) in [7, 11) is -2.35. The van der Waals surface area contributed by atoms with Crippen molar-refractivity contribution in [3.8, 4) is 0 Å². The minimum absolute atomic E-state index is 0.485. The van der Waals surface area contributed by atoms with Gasteiger partial charge in [-0.25, -0.2) is 14.2 Å². The molecule has 0 spiro atoms.